The number of carbonyl (C=O) groups excluding carboxylic acids is 1. The number of ketones is 1. The summed E-state index contributed by atoms with van der Waals surface area (Å²) >= 11 is 3.44. The van der Waals surface area contributed by atoms with E-state index < -0.39 is 0 Å². The number of nitrogens with one attached hydrogen (secondary N) is 1. The largest absolute Gasteiger partial charge is 0.312 e. The van der Waals surface area contributed by atoms with Gasteiger partial charge in [-0.25, -0.2) is 0 Å². The first-order valence-corrected chi connectivity index (χ1v) is 7.97. The van der Waals surface area contributed by atoms with E-state index >= 15 is 0 Å². The van der Waals surface area contributed by atoms with Crippen LogP contribution in [0.2, 0.25) is 0 Å². The molecule has 0 atom stereocenters. The Bertz CT molecular complexity index is 691. The van der Waals surface area contributed by atoms with Gasteiger partial charge in [-0.3, -0.25) is 9.48 Å². The van der Waals surface area contributed by atoms with E-state index in [1.54, 1.807) is 10.9 Å². The van der Waals surface area contributed by atoms with E-state index in [0.717, 1.165) is 29.5 Å². The Hall–Kier alpha value is -1.46. The molecule has 0 radical (unpaired) electrons. The number of rotatable bonds is 3. The SMILES string of the molecule is CC(C)n1ncc(Br)c1C(=O)c1ccc2c(c1)CNCC2. The van der Waals surface area contributed by atoms with E-state index in [2.05, 4.69) is 32.4 Å². The van der Waals surface area contributed by atoms with E-state index in [0.29, 0.717) is 5.69 Å². The fourth-order valence-electron chi connectivity index (χ4n) is 2.70. The van der Waals surface area contributed by atoms with Crippen LogP contribution in [0.25, 0.3) is 0 Å². The van der Waals surface area contributed by atoms with Gasteiger partial charge in [0.2, 0.25) is 5.78 Å². The van der Waals surface area contributed by atoms with Crippen molar-refractivity contribution >= 4 is 21.7 Å². The highest BCUT2D eigenvalue weighted by atomic mass is 79.9. The third-order valence-electron chi connectivity index (χ3n) is 3.81. The molecule has 0 amide bonds. The first-order valence-electron chi connectivity index (χ1n) is 7.18. The number of halogens is 1. The molecule has 1 aliphatic rings. The van der Waals surface area contributed by atoms with Gasteiger partial charge in [0.25, 0.3) is 0 Å². The molecule has 0 fully saturated rings. The Morgan fingerprint density at radius 2 is 2.19 bits per heavy atom. The van der Waals surface area contributed by atoms with Gasteiger partial charge in [0, 0.05) is 18.2 Å². The monoisotopic (exact) mass is 347 g/mol. The second-order valence-electron chi connectivity index (χ2n) is 5.62. The molecule has 21 heavy (non-hydrogen) atoms. The number of hydrogen-bond donors (Lipinski definition) is 1. The summed E-state index contributed by atoms with van der Waals surface area (Å²) < 4.78 is 2.52. The summed E-state index contributed by atoms with van der Waals surface area (Å²) in [6.07, 6.45) is 2.71. The summed E-state index contributed by atoms with van der Waals surface area (Å²) in [6, 6.07) is 6.16. The number of benzene rings is 1. The van der Waals surface area contributed by atoms with Crippen LogP contribution in [0.3, 0.4) is 0 Å². The van der Waals surface area contributed by atoms with E-state index in [9.17, 15) is 4.79 Å². The maximum atomic E-state index is 12.8. The van der Waals surface area contributed by atoms with Crippen LogP contribution >= 0.6 is 15.9 Å². The average Bonchev–Trinajstić information content (AvgIpc) is 2.88. The molecule has 0 spiro atoms. The van der Waals surface area contributed by atoms with Crippen molar-refractivity contribution in [3.63, 3.8) is 0 Å². The van der Waals surface area contributed by atoms with Crippen LogP contribution in [0, 0.1) is 0 Å². The predicted octanol–water partition coefficient (Wildman–Crippen LogP) is 3.10. The van der Waals surface area contributed by atoms with Crippen molar-refractivity contribution in [1.29, 1.82) is 0 Å². The van der Waals surface area contributed by atoms with Gasteiger partial charge in [-0.05, 0) is 59.9 Å². The maximum Gasteiger partial charge on any atom is 0.212 e. The number of nitrogens with zero attached hydrogens (tertiary/aromatic N) is 2. The zero-order chi connectivity index (χ0) is 15.0. The van der Waals surface area contributed by atoms with Crippen LogP contribution in [0.4, 0.5) is 0 Å². The van der Waals surface area contributed by atoms with Gasteiger partial charge in [0.1, 0.15) is 5.69 Å². The fourth-order valence-corrected chi connectivity index (χ4v) is 3.16. The molecule has 4 nitrogen and oxygen atoms in total. The maximum absolute atomic E-state index is 12.8. The molecule has 1 N–H and O–H groups in total. The second kappa shape index (κ2) is 5.73. The summed E-state index contributed by atoms with van der Waals surface area (Å²) in [6.45, 7) is 5.88. The standard InChI is InChI=1S/C16H18BrN3O/c1-10(2)20-15(14(17)9-19-20)16(21)12-4-3-11-5-6-18-8-13(11)7-12/h3-4,7,9-10,18H,5-6,8H2,1-2H3. The molecule has 3 rings (SSSR count). The highest BCUT2D eigenvalue weighted by molar-refractivity contribution is 9.10. The molecule has 1 aromatic heterocycles. The lowest BCUT2D eigenvalue weighted by Crippen LogP contribution is -2.24. The van der Waals surface area contributed by atoms with Crippen molar-refractivity contribution in [2.75, 3.05) is 6.54 Å². The molecule has 1 aliphatic heterocycles. The Morgan fingerprint density at radius 3 is 2.95 bits per heavy atom. The number of fused-ring (bicyclic) bond motifs is 1. The van der Waals surface area contributed by atoms with Crippen LogP contribution in [0.15, 0.2) is 28.9 Å². The first kappa shape index (κ1) is 14.5. The molecule has 1 aromatic carbocycles. The van der Waals surface area contributed by atoms with Gasteiger partial charge in [0.05, 0.1) is 10.7 Å². The van der Waals surface area contributed by atoms with Crippen molar-refractivity contribution in [2.45, 2.75) is 32.9 Å². The van der Waals surface area contributed by atoms with E-state index in [1.165, 1.54) is 11.1 Å². The summed E-state index contributed by atoms with van der Waals surface area (Å²) in [5.74, 6) is 0.0152. The summed E-state index contributed by atoms with van der Waals surface area (Å²) in [5, 5.41) is 7.63. The Labute approximate surface area is 132 Å². The van der Waals surface area contributed by atoms with Crippen molar-refractivity contribution in [1.82, 2.24) is 15.1 Å². The number of aromatic nitrogens is 2. The third-order valence-corrected chi connectivity index (χ3v) is 4.39. The van der Waals surface area contributed by atoms with Crippen molar-refractivity contribution in [3.05, 3.63) is 51.3 Å². The van der Waals surface area contributed by atoms with Crippen molar-refractivity contribution < 1.29 is 4.79 Å². The lowest BCUT2D eigenvalue weighted by atomic mass is 9.96. The Balaban J connectivity index is 2.01. The minimum Gasteiger partial charge on any atom is -0.312 e. The topological polar surface area (TPSA) is 46.9 Å². The fraction of sp³-hybridized carbons (Fsp3) is 0.375. The summed E-state index contributed by atoms with van der Waals surface area (Å²) in [5.41, 5.74) is 3.90. The molecule has 0 saturated heterocycles. The zero-order valence-corrected chi connectivity index (χ0v) is 13.8. The quantitative estimate of drug-likeness (QED) is 0.867. The highest BCUT2D eigenvalue weighted by Crippen LogP contribution is 2.24. The van der Waals surface area contributed by atoms with E-state index in [1.807, 2.05) is 26.0 Å². The van der Waals surface area contributed by atoms with Crippen LogP contribution < -0.4 is 5.32 Å². The van der Waals surface area contributed by atoms with Crippen LogP contribution in [-0.2, 0) is 13.0 Å². The molecule has 0 unspecified atom stereocenters. The average molecular weight is 348 g/mol. The smallest absolute Gasteiger partial charge is 0.212 e. The van der Waals surface area contributed by atoms with Gasteiger partial charge in [-0.1, -0.05) is 12.1 Å². The molecule has 0 aliphatic carbocycles. The van der Waals surface area contributed by atoms with Gasteiger partial charge in [-0.15, -0.1) is 0 Å². The van der Waals surface area contributed by atoms with Crippen molar-refractivity contribution in [3.8, 4) is 0 Å². The molecule has 0 saturated carbocycles. The molecule has 110 valence electrons. The van der Waals surface area contributed by atoms with Gasteiger partial charge >= 0.3 is 0 Å². The molecule has 5 heteroatoms. The zero-order valence-electron chi connectivity index (χ0n) is 12.2. The van der Waals surface area contributed by atoms with Crippen LogP contribution in [0.1, 0.15) is 47.1 Å². The highest BCUT2D eigenvalue weighted by Gasteiger charge is 2.21. The van der Waals surface area contributed by atoms with Crippen LogP contribution in [0.5, 0.6) is 0 Å². The molecule has 2 aromatic rings. The molecular weight excluding hydrogens is 330 g/mol. The predicted molar refractivity (Wildman–Crippen MR) is 85.6 cm³/mol. The minimum absolute atomic E-state index is 0.0152. The van der Waals surface area contributed by atoms with Gasteiger partial charge < -0.3 is 5.32 Å². The van der Waals surface area contributed by atoms with Gasteiger partial charge in [0.15, 0.2) is 0 Å². The van der Waals surface area contributed by atoms with Crippen molar-refractivity contribution in [2.24, 2.45) is 0 Å². The Kier molecular flexibility index (Phi) is 3.95. The van der Waals surface area contributed by atoms with E-state index in [4.69, 9.17) is 0 Å². The molecule has 2 heterocycles. The summed E-state index contributed by atoms with van der Waals surface area (Å²) in [7, 11) is 0. The van der Waals surface area contributed by atoms with Gasteiger partial charge in [-0.2, -0.15) is 5.10 Å². The second-order valence-corrected chi connectivity index (χ2v) is 6.47. The Morgan fingerprint density at radius 1 is 1.38 bits per heavy atom. The van der Waals surface area contributed by atoms with Crippen LogP contribution in [-0.4, -0.2) is 22.1 Å². The van der Waals surface area contributed by atoms with E-state index in [-0.39, 0.29) is 11.8 Å². The lowest BCUT2D eigenvalue weighted by Gasteiger charge is -2.18. The first-order chi connectivity index (χ1) is 10.1. The number of hydrogen-bond acceptors (Lipinski definition) is 3. The molecular formula is C16H18BrN3O. The minimum atomic E-state index is 0.0152. The lowest BCUT2D eigenvalue weighted by molar-refractivity contribution is 0.102. The third kappa shape index (κ3) is 2.68. The number of carbonyl (C=O) groups is 1. The normalized spacial score (nSPS) is 14.3. The molecule has 0 bridgehead atoms. The summed E-state index contributed by atoms with van der Waals surface area (Å²) in [4.78, 5) is 12.8.